The van der Waals surface area contributed by atoms with Crippen LogP contribution in [0.1, 0.15) is 24.3 Å². The van der Waals surface area contributed by atoms with Crippen LogP contribution in [0, 0.1) is 6.92 Å². The van der Waals surface area contributed by atoms with Crippen molar-refractivity contribution in [3.63, 3.8) is 0 Å². The molecule has 0 radical (unpaired) electrons. The van der Waals surface area contributed by atoms with Crippen molar-refractivity contribution in [2.75, 3.05) is 12.5 Å². The van der Waals surface area contributed by atoms with E-state index in [9.17, 15) is 4.79 Å². The van der Waals surface area contributed by atoms with E-state index in [1.807, 2.05) is 24.3 Å². The smallest absolute Gasteiger partial charge is 0.323 e. The average molecular weight is 338 g/mol. The van der Waals surface area contributed by atoms with Crippen LogP contribution in [0.3, 0.4) is 0 Å². The predicted molar refractivity (Wildman–Crippen MR) is 87.1 cm³/mol. The molecule has 1 aromatic carbocycles. The highest BCUT2D eigenvalue weighted by molar-refractivity contribution is 6.17. The van der Waals surface area contributed by atoms with E-state index in [-0.39, 0.29) is 0 Å². The van der Waals surface area contributed by atoms with Crippen molar-refractivity contribution < 1.29 is 13.9 Å². The largest absolute Gasteiger partial charge is 0.465 e. The van der Waals surface area contributed by atoms with Crippen LogP contribution in [-0.4, -0.2) is 34.7 Å². The Kier molecular flexibility index (Phi) is 6.55. The van der Waals surface area contributed by atoms with Crippen LogP contribution in [0.15, 0.2) is 28.7 Å². The minimum Gasteiger partial charge on any atom is -0.465 e. The first-order valence-corrected chi connectivity index (χ1v) is 8.01. The fraction of sp³-hybridized carbons (Fsp3) is 0.438. The molecule has 6 nitrogen and oxygen atoms in total. The molecule has 1 atom stereocenters. The number of hydrogen-bond donors (Lipinski definition) is 1. The zero-order valence-corrected chi connectivity index (χ0v) is 13.8. The van der Waals surface area contributed by atoms with E-state index < -0.39 is 12.0 Å². The molecule has 0 saturated carbocycles. The molecular formula is C16H20ClN3O3. The summed E-state index contributed by atoms with van der Waals surface area (Å²) in [7, 11) is 0. The first-order valence-electron chi connectivity index (χ1n) is 7.47. The molecule has 0 aliphatic rings. The quantitative estimate of drug-likeness (QED) is 0.452. The SMILES string of the molecule is Cc1nnc(-c2cccc(C[C@H](N)C(=O)OCCCCCl)c2)o1. The second-order valence-corrected chi connectivity index (χ2v) is 5.58. The number of unbranched alkanes of at least 4 members (excludes halogenated alkanes) is 1. The monoisotopic (exact) mass is 337 g/mol. The molecule has 2 rings (SSSR count). The van der Waals surface area contributed by atoms with Gasteiger partial charge in [-0.1, -0.05) is 12.1 Å². The topological polar surface area (TPSA) is 91.2 Å². The average Bonchev–Trinajstić information content (AvgIpc) is 2.98. The van der Waals surface area contributed by atoms with Gasteiger partial charge >= 0.3 is 5.97 Å². The molecule has 2 aromatic rings. The summed E-state index contributed by atoms with van der Waals surface area (Å²) in [5.74, 6) is 1.11. The number of carbonyl (C=O) groups is 1. The van der Waals surface area contributed by atoms with Crippen molar-refractivity contribution >= 4 is 17.6 Å². The highest BCUT2D eigenvalue weighted by atomic mass is 35.5. The van der Waals surface area contributed by atoms with Gasteiger partial charge in [0.25, 0.3) is 0 Å². The van der Waals surface area contributed by atoms with Crippen LogP contribution in [0.2, 0.25) is 0 Å². The van der Waals surface area contributed by atoms with Gasteiger partial charge in [-0.05, 0) is 37.0 Å². The second-order valence-electron chi connectivity index (χ2n) is 5.20. The molecule has 0 saturated heterocycles. The molecule has 0 aliphatic heterocycles. The fourth-order valence-electron chi connectivity index (χ4n) is 2.06. The summed E-state index contributed by atoms with van der Waals surface area (Å²) in [6, 6.07) is 6.81. The predicted octanol–water partition coefficient (Wildman–Crippen LogP) is 2.48. The Labute approximate surface area is 140 Å². The Balaban J connectivity index is 1.93. The van der Waals surface area contributed by atoms with E-state index in [4.69, 9.17) is 26.5 Å². The van der Waals surface area contributed by atoms with Crippen LogP contribution >= 0.6 is 11.6 Å². The van der Waals surface area contributed by atoms with E-state index in [1.165, 1.54) is 0 Å². The van der Waals surface area contributed by atoms with Crippen molar-refractivity contribution in [1.29, 1.82) is 0 Å². The van der Waals surface area contributed by atoms with Crippen molar-refractivity contribution in [1.82, 2.24) is 10.2 Å². The Hall–Kier alpha value is -1.92. The van der Waals surface area contributed by atoms with Crippen molar-refractivity contribution in [3.8, 4) is 11.5 Å². The van der Waals surface area contributed by atoms with E-state index >= 15 is 0 Å². The molecule has 1 aromatic heterocycles. The molecular weight excluding hydrogens is 318 g/mol. The number of nitrogens with two attached hydrogens (primary N) is 1. The first kappa shape index (κ1) is 17.4. The molecule has 0 aliphatic carbocycles. The Bertz CT molecular complexity index is 645. The normalized spacial score (nSPS) is 12.1. The molecule has 2 N–H and O–H groups in total. The number of esters is 1. The molecule has 0 spiro atoms. The van der Waals surface area contributed by atoms with Crippen LogP contribution in [0.4, 0.5) is 0 Å². The third kappa shape index (κ3) is 5.33. The Morgan fingerprint density at radius 2 is 2.22 bits per heavy atom. The number of aryl methyl sites for hydroxylation is 1. The van der Waals surface area contributed by atoms with Gasteiger partial charge in [0, 0.05) is 18.4 Å². The van der Waals surface area contributed by atoms with Crippen molar-refractivity contribution in [2.45, 2.75) is 32.2 Å². The van der Waals surface area contributed by atoms with Gasteiger partial charge in [0.05, 0.1) is 6.61 Å². The van der Waals surface area contributed by atoms with Gasteiger partial charge in [0.15, 0.2) is 0 Å². The number of carbonyl (C=O) groups excluding carboxylic acids is 1. The summed E-state index contributed by atoms with van der Waals surface area (Å²) in [6.45, 7) is 2.08. The van der Waals surface area contributed by atoms with Crippen LogP contribution in [0.5, 0.6) is 0 Å². The number of alkyl halides is 1. The van der Waals surface area contributed by atoms with Gasteiger partial charge in [-0.15, -0.1) is 21.8 Å². The van der Waals surface area contributed by atoms with E-state index in [0.29, 0.717) is 30.7 Å². The van der Waals surface area contributed by atoms with Gasteiger partial charge in [0.2, 0.25) is 11.8 Å². The minimum atomic E-state index is -0.703. The van der Waals surface area contributed by atoms with Crippen LogP contribution in [0.25, 0.3) is 11.5 Å². The summed E-state index contributed by atoms with van der Waals surface area (Å²) in [5, 5.41) is 7.78. The van der Waals surface area contributed by atoms with E-state index in [0.717, 1.165) is 24.0 Å². The van der Waals surface area contributed by atoms with Gasteiger partial charge < -0.3 is 14.9 Å². The summed E-state index contributed by atoms with van der Waals surface area (Å²) >= 11 is 5.57. The van der Waals surface area contributed by atoms with E-state index in [2.05, 4.69) is 10.2 Å². The maximum Gasteiger partial charge on any atom is 0.323 e. The third-order valence-electron chi connectivity index (χ3n) is 3.23. The lowest BCUT2D eigenvalue weighted by Gasteiger charge is -2.12. The maximum absolute atomic E-state index is 11.8. The van der Waals surface area contributed by atoms with Gasteiger partial charge in [-0.3, -0.25) is 4.79 Å². The first-order chi connectivity index (χ1) is 11.1. The van der Waals surface area contributed by atoms with Crippen molar-refractivity contribution in [2.24, 2.45) is 5.73 Å². The molecule has 0 unspecified atom stereocenters. The number of hydrogen-bond acceptors (Lipinski definition) is 6. The van der Waals surface area contributed by atoms with Gasteiger partial charge in [0.1, 0.15) is 6.04 Å². The third-order valence-corrected chi connectivity index (χ3v) is 3.50. The molecule has 0 amide bonds. The van der Waals surface area contributed by atoms with Gasteiger partial charge in [-0.2, -0.15) is 0 Å². The standard InChI is InChI=1S/C16H20ClN3O3/c1-11-19-20-15(23-11)13-6-4-5-12(9-13)10-14(18)16(21)22-8-3-2-7-17/h4-6,9,14H,2-3,7-8,10,18H2,1H3/t14-/m0/s1. The van der Waals surface area contributed by atoms with Gasteiger partial charge in [-0.25, -0.2) is 0 Å². The molecule has 1 heterocycles. The second kappa shape index (κ2) is 8.64. The highest BCUT2D eigenvalue weighted by Gasteiger charge is 2.16. The summed E-state index contributed by atoms with van der Waals surface area (Å²) in [4.78, 5) is 11.8. The number of rotatable bonds is 8. The number of halogens is 1. The lowest BCUT2D eigenvalue weighted by atomic mass is 10.0. The lowest BCUT2D eigenvalue weighted by molar-refractivity contribution is -0.145. The van der Waals surface area contributed by atoms with Crippen LogP contribution < -0.4 is 5.73 Å². The Morgan fingerprint density at radius 3 is 2.91 bits per heavy atom. The molecule has 0 fully saturated rings. The lowest BCUT2D eigenvalue weighted by Crippen LogP contribution is -2.34. The van der Waals surface area contributed by atoms with Crippen LogP contribution in [-0.2, 0) is 16.0 Å². The molecule has 23 heavy (non-hydrogen) atoms. The zero-order chi connectivity index (χ0) is 16.7. The summed E-state index contributed by atoms with van der Waals surface area (Å²) < 4.78 is 10.5. The summed E-state index contributed by atoms with van der Waals surface area (Å²) in [5.41, 5.74) is 7.61. The maximum atomic E-state index is 11.8. The molecule has 124 valence electrons. The fourth-order valence-corrected chi connectivity index (χ4v) is 2.25. The number of benzene rings is 1. The minimum absolute atomic E-state index is 0.348. The number of aromatic nitrogens is 2. The summed E-state index contributed by atoms with van der Waals surface area (Å²) in [6.07, 6.45) is 1.94. The molecule has 7 heteroatoms. The number of ether oxygens (including phenoxy) is 1. The van der Waals surface area contributed by atoms with E-state index in [1.54, 1.807) is 6.92 Å². The van der Waals surface area contributed by atoms with Crippen molar-refractivity contribution in [3.05, 3.63) is 35.7 Å². The number of nitrogens with zero attached hydrogens (tertiary/aromatic N) is 2. The highest BCUT2D eigenvalue weighted by Crippen LogP contribution is 2.19. The molecule has 0 bridgehead atoms. The zero-order valence-electron chi connectivity index (χ0n) is 13.0. The Morgan fingerprint density at radius 1 is 1.39 bits per heavy atom.